The van der Waals surface area contributed by atoms with E-state index < -0.39 is 5.41 Å². The first-order valence-electron chi connectivity index (χ1n) is 19.0. The third-order valence-corrected chi connectivity index (χ3v) is 12.1. The van der Waals surface area contributed by atoms with Crippen LogP contribution in [0.4, 0.5) is 17.1 Å². The zero-order chi connectivity index (χ0) is 36.1. The van der Waals surface area contributed by atoms with Gasteiger partial charge >= 0.3 is 0 Å². The maximum atomic E-state index is 6.78. The highest BCUT2D eigenvalue weighted by Gasteiger charge is 2.54. The van der Waals surface area contributed by atoms with Gasteiger partial charge in [-0.3, -0.25) is 0 Å². The lowest BCUT2D eigenvalue weighted by molar-refractivity contribution is 0.628. The molecule has 0 aliphatic heterocycles. The zero-order valence-electron chi connectivity index (χ0n) is 29.9. The second-order valence-electron chi connectivity index (χ2n) is 14.8. The van der Waals surface area contributed by atoms with Crippen LogP contribution in [0.1, 0.15) is 22.3 Å². The van der Waals surface area contributed by atoms with Crippen LogP contribution < -0.4 is 4.90 Å². The SMILES string of the molecule is c1ccc(N(c2ccc(-c3ccc4c(c3)C3(c5ccccc5-c5ccccc53)c3c-4oc4ccccc34)cc2)c2cc3ccccc3c3ccccc23)cc1. The Kier molecular flexibility index (Phi) is 6.29. The Bertz CT molecular complexity index is 3110. The summed E-state index contributed by atoms with van der Waals surface area (Å²) in [6.45, 7) is 0. The van der Waals surface area contributed by atoms with Crippen LogP contribution in [0, 0.1) is 0 Å². The molecule has 256 valence electrons. The normalized spacial score (nSPS) is 13.2. The minimum absolute atomic E-state index is 0.484. The zero-order valence-corrected chi connectivity index (χ0v) is 29.9. The van der Waals surface area contributed by atoms with E-state index in [9.17, 15) is 0 Å². The Morgan fingerprint density at radius 2 is 0.964 bits per heavy atom. The van der Waals surface area contributed by atoms with Crippen molar-refractivity contribution in [2.75, 3.05) is 4.90 Å². The third kappa shape index (κ3) is 4.14. The first kappa shape index (κ1) is 30.3. The maximum absolute atomic E-state index is 6.78. The van der Waals surface area contributed by atoms with Crippen molar-refractivity contribution in [1.82, 2.24) is 0 Å². The molecule has 10 aromatic rings. The average molecular weight is 700 g/mol. The van der Waals surface area contributed by atoms with E-state index in [1.165, 1.54) is 71.4 Å². The molecule has 0 saturated carbocycles. The van der Waals surface area contributed by atoms with Gasteiger partial charge in [-0.25, -0.2) is 0 Å². The van der Waals surface area contributed by atoms with Crippen LogP contribution in [0.2, 0.25) is 0 Å². The number of nitrogens with zero attached hydrogens (tertiary/aromatic N) is 1. The molecule has 0 fully saturated rings. The van der Waals surface area contributed by atoms with Crippen molar-refractivity contribution < 1.29 is 4.42 Å². The second kappa shape index (κ2) is 11.4. The van der Waals surface area contributed by atoms with Gasteiger partial charge in [0, 0.05) is 33.3 Å². The molecule has 0 radical (unpaired) electrons. The van der Waals surface area contributed by atoms with E-state index in [1.54, 1.807) is 0 Å². The quantitative estimate of drug-likeness (QED) is 0.170. The predicted octanol–water partition coefficient (Wildman–Crippen LogP) is 14.2. The monoisotopic (exact) mass is 699 g/mol. The van der Waals surface area contributed by atoms with Crippen molar-refractivity contribution in [3.63, 3.8) is 0 Å². The molecule has 1 heterocycles. The van der Waals surface area contributed by atoms with Crippen LogP contribution in [-0.2, 0) is 5.41 Å². The van der Waals surface area contributed by atoms with Crippen LogP contribution >= 0.6 is 0 Å². The fraction of sp³-hybridized carbons (Fsp3) is 0.0189. The van der Waals surface area contributed by atoms with Crippen LogP contribution in [-0.4, -0.2) is 0 Å². The molecule has 0 atom stereocenters. The first-order chi connectivity index (χ1) is 27.3. The minimum atomic E-state index is -0.484. The summed E-state index contributed by atoms with van der Waals surface area (Å²) in [5.41, 5.74) is 15.1. The molecule has 1 spiro atoms. The molecule has 55 heavy (non-hydrogen) atoms. The summed E-state index contributed by atoms with van der Waals surface area (Å²) in [7, 11) is 0. The molecule has 0 unspecified atom stereocenters. The number of benzene rings is 9. The molecule has 0 amide bonds. The number of hydrogen-bond donors (Lipinski definition) is 0. The van der Waals surface area contributed by atoms with Crippen molar-refractivity contribution in [1.29, 1.82) is 0 Å². The van der Waals surface area contributed by atoms with E-state index in [0.29, 0.717) is 0 Å². The van der Waals surface area contributed by atoms with Gasteiger partial charge in [0.1, 0.15) is 11.3 Å². The number of hydrogen-bond acceptors (Lipinski definition) is 2. The average Bonchev–Trinajstić information content (AvgIpc) is 3.88. The standard InChI is InChI=1S/C53H33NO/c1-2-15-37(16-3-1)54(49-33-36-14-4-5-17-39(36)40-18-6-7-21-43(40)49)38-29-26-34(27-30-38)35-28-31-44-48(32-35)53(51-45-22-10-13-25-50(45)55-52(44)51)46-23-11-8-19-41(46)42-20-9-12-24-47(42)53/h1-33H. The molecule has 2 aliphatic carbocycles. The Hall–Kier alpha value is -7.16. The molecular formula is C53H33NO. The van der Waals surface area contributed by atoms with Gasteiger partial charge in [0.05, 0.1) is 11.1 Å². The highest BCUT2D eigenvalue weighted by Crippen LogP contribution is 2.65. The summed E-state index contributed by atoms with van der Waals surface area (Å²) >= 11 is 0. The van der Waals surface area contributed by atoms with Gasteiger partial charge in [-0.15, -0.1) is 0 Å². The summed E-state index contributed by atoms with van der Waals surface area (Å²) in [5, 5.41) is 6.14. The third-order valence-electron chi connectivity index (χ3n) is 12.1. The molecule has 12 rings (SSSR count). The fourth-order valence-electron chi connectivity index (χ4n) is 9.80. The first-order valence-corrected chi connectivity index (χ1v) is 19.0. The lowest BCUT2D eigenvalue weighted by Crippen LogP contribution is -2.25. The van der Waals surface area contributed by atoms with Crippen LogP contribution in [0.25, 0.3) is 66.1 Å². The number of fused-ring (bicyclic) bond motifs is 15. The van der Waals surface area contributed by atoms with E-state index >= 15 is 0 Å². The van der Waals surface area contributed by atoms with Gasteiger partial charge in [0.15, 0.2) is 0 Å². The van der Waals surface area contributed by atoms with Gasteiger partial charge in [-0.2, -0.15) is 0 Å². The van der Waals surface area contributed by atoms with Gasteiger partial charge in [0.2, 0.25) is 0 Å². The summed E-state index contributed by atoms with van der Waals surface area (Å²) in [6.07, 6.45) is 0. The van der Waals surface area contributed by atoms with Crippen molar-refractivity contribution in [2.45, 2.75) is 5.41 Å². The molecule has 2 aliphatic rings. The van der Waals surface area contributed by atoms with E-state index in [4.69, 9.17) is 4.42 Å². The van der Waals surface area contributed by atoms with Gasteiger partial charge in [0.25, 0.3) is 0 Å². The van der Waals surface area contributed by atoms with Gasteiger partial charge < -0.3 is 9.32 Å². The van der Waals surface area contributed by atoms with Crippen LogP contribution in [0.3, 0.4) is 0 Å². The molecule has 2 nitrogen and oxygen atoms in total. The number of para-hydroxylation sites is 2. The smallest absolute Gasteiger partial charge is 0.140 e. The second-order valence-corrected chi connectivity index (χ2v) is 14.8. The molecule has 0 bridgehead atoms. The molecule has 2 heteroatoms. The number of anilines is 3. The molecule has 0 N–H and O–H groups in total. The Morgan fingerprint density at radius 1 is 0.382 bits per heavy atom. The Morgan fingerprint density at radius 3 is 1.73 bits per heavy atom. The Labute approximate surface area is 319 Å². The predicted molar refractivity (Wildman–Crippen MR) is 228 cm³/mol. The summed E-state index contributed by atoms with van der Waals surface area (Å²) < 4.78 is 6.78. The lowest BCUT2D eigenvalue weighted by atomic mass is 9.70. The maximum Gasteiger partial charge on any atom is 0.140 e. The summed E-state index contributed by atoms with van der Waals surface area (Å²) in [5.74, 6) is 0.978. The lowest BCUT2D eigenvalue weighted by Gasteiger charge is -2.30. The molecule has 0 saturated heterocycles. The molecular weight excluding hydrogens is 667 g/mol. The topological polar surface area (TPSA) is 16.4 Å². The Balaban J connectivity index is 1.04. The van der Waals surface area contributed by atoms with Crippen LogP contribution in [0.5, 0.6) is 0 Å². The van der Waals surface area contributed by atoms with E-state index in [2.05, 4.69) is 205 Å². The number of rotatable bonds is 4. The van der Waals surface area contributed by atoms with Crippen molar-refractivity contribution in [2.24, 2.45) is 0 Å². The minimum Gasteiger partial charge on any atom is -0.456 e. The van der Waals surface area contributed by atoms with E-state index in [-0.39, 0.29) is 0 Å². The van der Waals surface area contributed by atoms with E-state index in [1.807, 2.05) is 0 Å². The van der Waals surface area contributed by atoms with Gasteiger partial charge in [-0.05, 0) is 97.6 Å². The van der Waals surface area contributed by atoms with Crippen molar-refractivity contribution in [3.8, 4) is 33.6 Å². The van der Waals surface area contributed by atoms with E-state index in [0.717, 1.165) is 34.0 Å². The van der Waals surface area contributed by atoms with Crippen molar-refractivity contribution in [3.05, 3.63) is 222 Å². The highest BCUT2D eigenvalue weighted by molar-refractivity contribution is 6.14. The van der Waals surface area contributed by atoms with Gasteiger partial charge in [-0.1, -0.05) is 158 Å². The number of furan rings is 1. The highest BCUT2D eigenvalue weighted by atomic mass is 16.3. The molecule has 1 aromatic heterocycles. The van der Waals surface area contributed by atoms with Crippen molar-refractivity contribution >= 4 is 49.6 Å². The summed E-state index contributed by atoms with van der Waals surface area (Å²) in [4.78, 5) is 2.39. The van der Waals surface area contributed by atoms with Crippen LogP contribution in [0.15, 0.2) is 205 Å². The largest absolute Gasteiger partial charge is 0.456 e. The fourth-order valence-corrected chi connectivity index (χ4v) is 9.80. The summed E-state index contributed by atoms with van der Waals surface area (Å²) in [6, 6.07) is 73.0. The molecule has 9 aromatic carbocycles.